The van der Waals surface area contributed by atoms with Gasteiger partial charge in [0.1, 0.15) is 0 Å². The third kappa shape index (κ3) is 3.16. The van der Waals surface area contributed by atoms with E-state index in [1.807, 2.05) is 6.07 Å². The van der Waals surface area contributed by atoms with Crippen molar-refractivity contribution >= 4 is 70.0 Å². The van der Waals surface area contributed by atoms with Crippen LogP contribution in [0.4, 0.5) is 43.7 Å². The van der Waals surface area contributed by atoms with Crippen molar-refractivity contribution in [3.8, 4) is 0 Å². The van der Waals surface area contributed by atoms with Crippen molar-refractivity contribution in [2.24, 2.45) is 20.0 Å². The minimum atomic E-state index is -1.87. The van der Waals surface area contributed by atoms with Gasteiger partial charge in [-0.1, -0.05) is 60.7 Å². The molecule has 0 atom stereocenters. The highest BCUT2D eigenvalue weighted by Crippen LogP contribution is 2.61. The van der Waals surface area contributed by atoms with Crippen LogP contribution in [0.1, 0.15) is 11.1 Å². The summed E-state index contributed by atoms with van der Waals surface area (Å²) in [4.78, 5) is 76.9. The maximum atomic E-state index is 15.1. The van der Waals surface area contributed by atoms with Crippen LogP contribution < -0.4 is 20.4 Å². The molecule has 0 spiro atoms. The molecule has 4 amide bonds. The number of rotatable bonds is 4. The summed E-state index contributed by atoms with van der Waals surface area (Å²) in [6.45, 7) is 0. The molecular formula is C32H18N12O6. The fourth-order valence-electron chi connectivity index (χ4n) is 7.38. The number of urea groups is 2. The molecule has 18 nitrogen and oxygen atoms in total. The first-order valence-corrected chi connectivity index (χ1v) is 15.1. The average Bonchev–Trinajstić information content (AvgIpc) is 3.83. The number of anilines is 4. The van der Waals surface area contributed by atoms with Gasteiger partial charge in [0, 0.05) is 35.4 Å². The first-order chi connectivity index (χ1) is 24.2. The van der Waals surface area contributed by atoms with Crippen LogP contribution >= 0.6 is 0 Å². The largest absolute Gasteiger partial charge is 0.340 e. The molecule has 0 aromatic heterocycles. The van der Waals surface area contributed by atoms with Crippen LogP contribution in [0, 0.1) is 20.2 Å². The number of guanidine groups is 4. The van der Waals surface area contributed by atoms with Gasteiger partial charge in [-0.2, -0.15) is 9.98 Å². The molecule has 0 saturated carbocycles. The lowest BCUT2D eigenvalue weighted by Crippen LogP contribution is -2.71. The number of carbonyl (C=O) groups is 2. The maximum absolute atomic E-state index is 15.1. The lowest BCUT2D eigenvalue weighted by Gasteiger charge is -2.49. The standard InChI is InChI=1S/C32H18N12O6/c45-29-39-23-13-11-19(43(47)48)15-21(23)33-25(39)35-27-37-31(17-7-3-1-4-8-17)32(41(27)29,18-9-5-2-6-10-18)42-28(38-31)36-26-34-22-16-20(44(49)50)12-14-24(22)40(26)30(42)46/h1-16H,(H,33,35,37)(H,34,36,38). The summed E-state index contributed by atoms with van der Waals surface area (Å²) in [6.07, 6.45) is 0. The SMILES string of the molecule is O=C1N2C(=NC3=NC4(c5ccccc5)N=C5N=C6Nc7cc([N+](=O)[O-])ccc7N6C(=O)N5C4(c4ccccc4)N13)Nc1cc([N+](=O)[O-])ccc12. The van der Waals surface area contributed by atoms with Gasteiger partial charge < -0.3 is 10.6 Å². The third-order valence-electron chi connectivity index (χ3n) is 9.37. The van der Waals surface area contributed by atoms with E-state index in [0.29, 0.717) is 22.5 Å². The van der Waals surface area contributed by atoms with Gasteiger partial charge >= 0.3 is 12.1 Å². The van der Waals surface area contributed by atoms with Crippen molar-refractivity contribution in [3.63, 3.8) is 0 Å². The number of benzene rings is 4. The van der Waals surface area contributed by atoms with E-state index in [1.165, 1.54) is 56.0 Å². The van der Waals surface area contributed by atoms with E-state index in [1.54, 1.807) is 54.6 Å². The summed E-state index contributed by atoms with van der Waals surface area (Å²) in [7, 11) is 0. The van der Waals surface area contributed by atoms with Gasteiger partial charge in [-0.3, -0.25) is 20.2 Å². The number of hydrogen-bond acceptors (Lipinski definition) is 12. The van der Waals surface area contributed by atoms with E-state index in [-0.39, 0.29) is 46.6 Å². The molecule has 6 heterocycles. The number of aliphatic imine (C=N–C) groups is 4. The highest BCUT2D eigenvalue weighted by atomic mass is 16.6. The van der Waals surface area contributed by atoms with Gasteiger partial charge in [-0.25, -0.2) is 39.2 Å². The molecule has 0 unspecified atom stereocenters. The van der Waals surface area contributed by atoms with Crippen molar-refractivity contribution in [2.45, 2.75) is 11.3 Å². The van der Waals surface area contributed by atoms with E-state index in [0.717, 1.165) is 0 Å². The van der Waals surface area contributed by atoms with Gasteiger partial charge in [0.05, 0.1) is 32.6 Å². The molecule has 4 aromatic carbocycles. The summed E-state index contributed by atoms with van der Waals surface area (Å²) in [6, 6.07) is 24.6. The Morgan fingerprint density at radius 1 is 0.600 bits per heavy atom. The Hall–Kier alpha value is -7.50. The van der Waals surface area contributed by atoms with Crippen molar-refractivity contribution in [3.05, 3.63) is 128 Å². The zero-order valence-corrected chi connectivity index (χ0v) is 25.2. The second kappa shape index (κ2) is 9.10. The summed E-state index contributed by atoms with van der Waals surface area (Å²) in [5.74, 6) is 0.00991. The molecule has 18 heteroatoms. The number of amides is 4. The van der Waals surface area contributed by atoms with E-state index in [9.17, 15) is 20.2 Å². The van der Waals surface area contributed by atoms with Crippen molar-refractivity contribution in [1.82, 2.24) is 9.80 Å². The smallest absolute Gasteiger partial charge is 0.323 e. The van der Waals surface area contributed by atoms with Gasteiger partial charge in [0.15, 0.2) is 0 Å². The number of fused-ring (bicyclic) bond motifs is 11. The summed E-state index contributed by atoms with van der Waals surface area (Å²) in [5.41, 5.74) is -1.79. The van der Waals surface area contributed by atoms with Gasteiger partial charge in [-0.15, -0.1) is 0 Å². The fraction of sp³-hybridized carbons (Fsp3) is 0.0625. The van der Waals surface area contributed by atoms with Gasteiger partial charge in [0.2, 0.25) is 35.2 Å². The maximum Gasteiger partial charge on any atom is 0.340 e. The van der Waals surface area contributed by atoms with Crippen molar-refractivity contribution in [1.29, 1.82) is 0 Å². The normalized spacial score (nSPS) is 23.2. The third-order valence-corrected chi connectivity index (χ3v) is 9.37. The number of carbonyl (C=O) groups excluding carboxylic acids is 2. The van der Waals surface area contributed by atoms with Gasteiger partial charge in [-0.05, 0) is 12.1 Å². The number of nitro groups is 2. The zero-order chi connectivity index (χ0) is 34.1. The van der Waals surface area contributed by atoms with E-state index >= 15 is 9.59 Å². The topological polar surface area (TPSA) is 207 Å². The molecule has 50 heavy (non-hydrogen) atoms. The highest BCUT2D eigenvalue weighted by Gasteiger charge is 2.76. The first kappa shape index (κ1) is 27.6. The average molecular weight is 667 g/mol. The Morgan fingerprint density at radius 3 is 1.48 bits per heavy atom. The van der Waals surface area contributed by atoms with Crippen LogP contribution in [0.15, 0.2) is 117 Å². The number of nitrogens with one attached hydrogen (secondary N) is 2. The quantitative estimate of drug-likeness (QED) is 0.230. The minimum Gasteiger partial charge on any atom is -0.323 e. The first-order valence-electron chi connectivity index (χ1n) is 15.1. The van der Waals surface area contributed by atoms with E-state index in [2.05, 4.69) is 10.6 Å². The molecule has 0 bridgehead atoms. The summed E-state index contributed by atoms with van der Waals surface area (Å²) < 4.78 is 0. The molecule has 6 aliphatic rings. The predicted octanol–water partition coefficient (Wildman–Crippen LogP) is 4.70. The second-order valence-electron chi connectivity index (χ2n) is 11.8. The van der Waals surface area contributed by atoms with Crippen molar-refractivity contribution in [2.75, 3.05) is 20.4 Å². The Balaban J connectivity index is 1.23. The molecule has 0 aliphatic carbocycles. The van der Waals surface area contributed by atoms with E-state index in [4.69, 9.17) is 20.0 Å². The molecule has 6 aliphatic heterocycles. The molecule has 0 fully saturated rings. The molecule has 10 rings (SSSR count). The van der Waals surface area contributed by atoms with Crippen LogP contribution in [-0.4, -0.2) is 55.5 Å². The Labute approximate surface area is 279 Å². The minimum absolute atomic E-state index is 0.0651. The van der Waals surface area contributed by atoms with Crippen LogP contribution in [0.3, 0.4) is 0 Å². The van der Waals surface area contributed by atoms with Crippen LogP contribution in [0.5, 0.6) is 0 Å². The Morgan fingerprint density at radius 2 is 1.04 bits per heavy atom. The number of hydrogen-bond donors (Lipinski definition) is 2. The lowest BCUT2D eigenvalue weighted by atomic mass is 9.81. The summed E-state index contributed by atoms with van der Waals surface area (Å²) in [5, 5.41) is 29.1. The van der Waals surface area contributed by atoms with Crippen LogP contribution in [0.2, 0.25) is 0 Å². The second-order valence-corrected chi connectivity index (χ2v) is 11.8. The lowest BCUT2D eigenvalue weighted by molar-refractivity contribution is -0.385. The molecule has 4 aromatic rings. The summed E-state index contributed by atoms with van der Waals surface area (Å²) >= 11 is 0. The Kier molecular flexibility index (Phi) is 5.02. The predicted molar refractivity (Wildman–Crippen MR) is 179 cm³/mol. The monoisotopic (exact) mass is 666 g/mol. The Bertz CT molecular complexity index is 2300. The number of nitro benzene ring substituents is 2. The molecular weight excluding hydrogens is 648 g/mol. The molecule has 2 N–H and O–H groups in total. The van der Waals surface area contributed by atoms with Crippen LogP contribution in [0.25, 0.3) is 0 Å². The highest BCUT2D eigenvalue weighted by molar-refractivity contribution is 6.36. The molecule has 0 saturated heterocycles. The fourth-order valence-corrected chi connectivity index (χ4v) is 7.38. The van der Waals surface area contributed by atoms with Crippen molar-refractivity contribution < 1.29 is 19.4 Å². The molecule has 0 radical (unpaired) electrons. The number of non-ortho nitro benzene ring substituents is 2. The van der Waals surface area contributed by atoms with Crippen LogP contribution in [-0.2, 0) is 11.3 Å². The van der Waals surface area contributed by atoms with E-state index < -0.39 is 33.2 Å². The van der Waals surface area contributed by atoms with Gasteiger partial charge in [0.25, 0.3) is 11.4 Å². The zero-order valence-electron chi connectivity index (χ0n) is 25.2. The molecule has 242 valence electrons. The number of nitrogens with zero attached hydrogens (tertiary/aromatic N) is 10.